The normalized spacial score (nSPS) is 17.3. The van der Waals surface area contributed by atoms with Gasteiger partial charge in [-0.2, -0.15) is 5.10 Å². The fourth-order valence-electron chi connectivity index (χ4n) is 3.66. The van der Waals surface area contributed by atoms with E-state index in [1.165, 1.54) is 0 Å². The highest BCUT2D eigenvalue weighted by atomic mass is 16.3. The minimum atomic E-state index is -0.0926. The largest absolute Gasteiger partial charge is 0.390 e. The van der Waals surface area contributed by atoms with Crippen LogP contribution in [0.4, 0.5) is 5.69 Å². The van der Waals surface area contributed by atoms with Gasteiger partial charge in [0.05, 0.1) is 24.5 Å². The number of aliphatic hydroxyl groups excluding tert-OH is 1. The van der Waals surface area contributed by atoms with Gasteiger partial charge in [0, 0.05) is 37.3 Å². The van der Waals surface area contributed by atoms with E-state index in [-0.39, 0.29) is 18.4 Å². The van der Waals surface area contributed by atoms with Gasteiger partial charge in [-0.05, 0) is 43.2 Å². The fourth-order valence-corrected chi connectivity index (χ4v) is 3.66. The second-order valence-corrected chi connectivity index (χ2v) is 6.78. The molecule has 0 atom stereocenters. The zero-order valence-corrected chi connectivity index (χ0v) is 14.6. The second kappa shape index (κ2) is 6.92. The zero-order chi connectivity index (χ0) is 18.1. The molecule has 26 heavy (non-hydrogen) atoms. The van der Waals surface area contributed by atoms with Crippen LogP contribution in [0.15, 0.2) is 30.3 Å². The molecule has 136 valence electrons. The fraction of sp³-hybridized carbons (Fsp3) is 0.421. The Morgan fingerprint density at radius 1 is 1.12 bits per heavy atom. The molecule has 2 amide bonds. The van der Waals surface area contributed by atoms with E-state index in [2.05, 4.69) is 5.10 Å². The summed E-state index contributed by atoms with van der Waals surface area (Å²) in [5.41, 5.74) is 3.05. The Morgan fingerprint density at radius 3 is 2.62 bits per heavy atom. The van der Waals surface area contributed by atoms with Gasteiger partial charge in [0.25, 0.3) is 5.91 Å². The summed E-state index contributed by atoms with van der Waals surface area (Å²) in [5.74, 6) is 0.119. The van der Waals surface area contributed by atoms with Crippen LogP contribution in [0.3, 0.4) is 0 Å². The maximum absolute atomic E-state index is 12.9. The SMILES string of the molecule is O=C(c1ccc(N2CCCC2=O)cc1)N1CCCn2nc(CO)cc2C1. The second-order valence-electron chi connectivity index (χ2n) is 6.78. The maximum atomic E-state index is 12.9. The minimum absolute atomic E-state index is 0.0236. The van der Waals surface area contributed by atoms with Crippen molar-refractivity contribution < 1.29 is 14.7 Å². The number of benzene rings is 1. The van der Waals surface area contributed by atoms with Crippen LogP contribution >= 0.6 is 0 Å². The molecule has 2 aliphatic rings. The number of aryl methyl sites for hydroxylation is 1. The van der Waals surface area contributed by atoms with Gasteiger partial charge in [-0.25, -0.2) is 0 Å². The number of aliphatic hydroxyl groups is 1. The van der Waals surface area contributed by atoms with Crippen LogP contribution in [-0.4, -0.2) is 44.7 Å². The van der Waals surface area contributed by atoms with Crippen molar-refractivity contribution in [2.24, 2.45) is 0 Å². The van der Waals surface area contributed by atoms with Crippen molar-refractivity contribution in [3.8, 4) is 0 Å². The van der Waals surface area contributed by atoms with E-state index < -0.39 is 0 Å². The standard InChI is InChI=1S/C19H22N4O3/c24-13-15-11-17-12-21(8-2-10-23(17)20-15)19(26)14-4-6-16(7-5-14)22-9-1-3-18(22)25/h4-7,11,24H,1-3,8-10,12-13H2. The predicted molar refractivity (Wildman–Crippen MR) is 95.5 cm³/mol. The van der Waals surface area contributed by atoms with Crippen LogP contribution in [0.1, 0.15) is 41.0 Å². The van der Waals surface area contributed by atoms with Crippen molar-refractivity contribution in [2.75, 3.05) is 18.0 Å². The van der Waals surface area contributed by atoms with Gasteiger partial charge in [0.1, 0.15) is 0 Å². The third-order valence-corrected chi connectivity index (χ3v) is 5.01. The van der Waals surface area contributed by atoms with E-state index in [1.807, 2.05) is 27.8 Å². The van der Waals surface area contributed by atoms with E-state index in [0.29, 0.717) is 30.8 Å². The van der Waals surface area contributed by atoms with Crippen molar-refractivity contribution in [2.45, 2.75) is 39.0 Å². The molecule has 0 radical (unpaired) electrons. The Kier molecular flexibility index (Phi) is 4.46. The van der Waals surface area contributed by atoms with Gasteiger partial charge in [-0.15, -0.1) is 0 Å². The van der Waals surface area contributed by atoms with Gasteiger partial charge in [0.2, 0.25) is 5.91 Å². The lowest BCUT2D eigenvalue weighted by Gasteiger charge is -2.21. The third-order valence-electron chi connectivity index (χ3n) is 5.01. The molecule has 2 aliphatic heterocycles. The lowest BCUT2D eigenvalue weighted by atomic mass is 10.1. The summed E-state index contributed by atoms with van der Waals surface area (Å²) in [4.78, 5) is 28.3. The maximum Gasteiger partial charge on any atom is 0.254 e. The van der Waals surface area contributed by atoms with Gasteiger partial charge in [0.15, 0.2) is 0 Å². The first-order valence-corrected chi connectivity index (χ1v) is 9.02. The molecule has 4 rings (SSSR count). The molecular formula is C19H22N4O3. The molecule has 1 saturated heterocycles. The van der Waals surface area contributed by atoms with Crippen LogP contribution < -0.4 is 4.90 Å². The Labute approximate surface area is 151 Å². The Morgan fingerprint density at radius 2 is 1.92 bits per heavy atom. The Hall–Kier alpha value is -2.67. The average Bonchev–Trinajstić information content (AvgIpc) is 3.21. The average molecular weight is 354 g/mol. The summed E-state index contributed by atoms with van der Waals surface area (Å²) in [7, 11) is 0. The molecular weight excluding hydrogens is 332 g/mol. The van der Waals surface area contributed by atoms with Crippen molar-refractivity contribution in [3.63, 3.8) is 0 Å². The van der Waals surface area contributed by atoms with Crippen LogP contribution in [0.5, 0.6) is 0 Å². The quantitative estimate of drug-likeness (QED) is 0.907. The van der Waals surface area contributed by atoms with E-state index >= 15 is 0 Å². The summed E-state index contributed by atoms with van der Waals surface area (Å²) in [5, 5.41) is 13.6. The van der Waals surface area contributed by atoms with E-state index in [9.17, 15) is 14.7 Å². The topological polar surface area (TPSA) is 78.7 Å². The van der Waals surface area contributed by atoms with Crippen molar-refractivity contribution in [1.29, 1.82) is 0 Å². The number of carbonyl (C=O) groups is 2. The van der Waals surface area contributed by atoms with E-state index in [1.54, 1.807) is 17.0 Å². The molecule has 7 nitrogen and oxygen atoms in total. The number of fused-ring (bicyclic) bond motifs is 1. The number of hydrogen-bond donors (Lipinski definition) is 1. The molecule has 0 unspecified atom stereocenters. The van der Waals surface area contributed by atoms with Crippen LogP contribution in [0, 0.1) is 0 Å². The Bertz CT molecular complexity index is 828. The molecule has 0 aliphatic carbocycles. The third kappa shape index (κ3) is 3.10. The Balaban J connectivity index is 1.50. The zero-order valence-electron chi connectivity index (χ0n) is 14.6. The molecule has 1 fully saturated rings. The molecule has 0 saturated carbocycles. The summed E-state index contributed by atoms with van der Waals surface area (Å²) in [6, 6.07) is 9.15. The predicted octanol–water partition coefficient (Wildman–Crippen LogP) is 1.55. The molecule has 1 aromatic carbocycles. The highest BCUT2D eigenvalue weighted by molar-refractivity contribution is 5.97. The smallest absolute Gasteiger partial charge is 0.254 e. The number of rotatable bonds is 3. The molecule has 1 N–H and O–H groups in total. The van der Waals surface area contributed by atoms with Gasteiger partial charge in [-0.1, -0.05) is 0 Å². The number of amides is 2. The minimum Gasteiger partial charge on any atom is -0.390 e. The van der Waals surface area contributed by atoms with Gasteiger partial charge < -0.3 is 14.9 Å². The summed E-state index contributed by atoms with van der Waals surface area (Å²) < 4.78 is 1.88. The summed E-state index contributed by atoms with van der Waals surface area (Å²) in [6.45, 7) is 2.55. The van der Waals surface area contributed by atoms with Crippen molar-refractivity contribution in [1.82, 2.24) is 14.7 Å². The monoisotopic (exact) mass is 354 g/mol. The van der Waals surface area contributed by atoms with Crippen LogP contribution in [0.25, 0.3) is 0 Å². The molecule has 2 aromatic rings. The van der Waals surface area contributed by atoms with Gasteiger partial charge in [-0.3, -0.25) is 14.3 Å². The van der Waals surface area contributed by atoms with Crippen molar-refractivity contribution >= 4 is 17.5 Å². The number of aromatic nitrogens is 2. The van der Waals surface area contributed by atoms with Crippen LogP contribution in [-0.2, 0) is 24.5 Å². The lowest BCUT2D eigenvalue weighted by molar-refractivity contribution is -0.117. The molecule has 0 bridgehead atoms. The number of hydrogen-bond acceptors (Lipinski definition) is 4. The molecule has 1 aromatic heterocycles. The molecule has 7 heteroatoms. The van der Waals surface area contributed by atoms with E-state index in [4.69, 9.17) is 0 Å². The highest BCUT2D eigenvalue weighted by Gasteiger charge is 2.24. The van der Waals surface area contributed by atoms with Crippen LogP contribution in [0.2, 0.25) is 0 Å². The summed E-state index contributed by atoms with van der Waals surface area (Å²) in [6.07, 6.45) is 2.31. The molecule has 3 heterocycles. The van der Waals surface area contributed by atoms with Gasteiger partial charge >= 0.3 is 0 Å². The van der Waals surface area contributed by atoms with E-state index in [0.717, 1.165) is 37.3 Å². The highest BCUT2D eigenvalue weighted by Crippen LogP contribution is 2.23. The number of carbonyl (C=O) groups excluding carboxylic acids is 2. The summed E-state index contributed by atoms with van der Waals surface area (Å²) >= 11 is 0. The lowest BCUT2D eigenvalue weighted by Crippen LogP contribution is -2.30. The number of anilines is 1. The van der Waals surface area contributed by atoms with Crippen molar-refractivity contribution in [3.05, 3.63) is 47.3 Å². The number of nitrogens with zero attached hydrogens (tertiary/aromatic N) is 4. The first kappa shape index (κ1) is 16.8. The molecule has 0 spiro atoms. The first-order chi connectivity index (χ1) is 12.7. The first-order valence-electron chi connectivity index (χ1n) is 9.02.